The lowest BCUT2D eigenvalue weighted by Gasteiger charge is -2.34. The molecule has 1 fully saturated rings. The Kier molecular flexibility index (Phi) is 5.90. The molecule has 0 saturated carbocycles. The number of benzene rings is 1. The number of fused-ring (bicyclic) bond motifs is 1. The average molecular weight is 430 g/mol. The number of nitrogens with one attached hydrogen (secondary N) is 1. The van der Waals surface area contributed by atoms with Crippen LogP contribution in [0.1, 0.15) is 50.6 Å². The van der Waals surface area contributed by atoms with Gasteiger partial charge in [0.15, 0.2) is 0 Å². The summed E-state index contributed by atoms with van der Waals surface area (Å²) in [5.41, 5.74) is 0.533. The molecule has 4 rings (SSSR count). The molecule has 0 aliphatic carbocycles. The number of carbonyl (C=O) groups is 1. The second-order valence-electron chi connectivity index (χ2n) is 7.80. The van der Waals surface area contributed by atoms with E-state index in [0.717, 1.165) is 25.7 Å². The molecule has 0 bridgehead atoms. The zero-order valence-corrected chi connectivity index (χ0v) is 17.9. The quantitative estimate of drug-likeness (QED) is 0.762. The van der Waals surface area contributed by atoms with Gasteiger partial charge in [-0.3, -0.25) is 14.5 Å². The van der Waals surface area contributed by atoms with E-state index in [0.29, 0.717) is 31.1 Å². The fraction of sp³-hybridized carbons (Fsp3) is 0.476. The molecule has 1 aromatic heterocycles. The number of amides is 1. The SMILES string of the molecule is CCCCC(N=C1NS(=O)(=O)c2ccccc21)C(=O)N1CCC(n2ccnc2)CC1. The number of amidine groups is 1. The molecule has 2 aromatic rings. The smallest absolute Gasteiger partial charge is 0.263 e. The Morgan fingerprint density at radius 1 is 1.30 bits per heavy atom. The van der Waals surface area contributed by atoms with Crippen LogP contribution in [0, 0.1) is 0 Å². The molecule has 30 heavy (non-hydrogen) atoms. The summed E-state index contributed by atoms with van der Waals surface area (Å²) < 4.78 is 29.4. The first-order valence-electron chi connectivity index (χ1n) is 10.5. The summed E-state index contributed by atoms with van der Waals surface area (Å²) in [7, 11) is -3.62. The fourth-order valence-electron chi connectivity index (χ4n) is 4.11. The summed E-state index contributed by atoms with van der Waals surface area (Å²) in [6.07, 6.45) is 9.69. The molecule has 1 saturated heterocycles. The minimum Gasteiger partial charge on any atom is -0.341 e. The highest BCUT2D eigenvalue weighted by atomic mass is 32.2. The molecule has 8 nitrogen and oxygen atoms in total. The number of imidazole rings is 1. The maximum absolute atomic E-state index is 13.3. The normalized spacial score (nSPS) is 20.7. The molecule has 0 spiro atoms. The summed E-state index contributed by atoms with van der Waals surface area (Å²) in [4.78, 5) is 24.1. The van der Waals surface area contributed by atoms with Crippen molar-refractivity contribution in [3.8, 4) is 0 Å². The molecule has 2 aliphatic heterocycles. The first-order valence-corrected chi connectivity index (χ1v) is 11.9. The van der Waals surface area contributed by atoms with Gasteiger partial charge in [0.1, 0.15) is 11.9 Å². The summed E-state index contributed by atoms with van der Waals surface area (Å²) in [5, 5.41) is 0. The van der Waals surface area contributed by atoms with Crippen LogP contribution < -0.4 is 4.72 Å². The lowest BCUT2D eigenvalue weighted by Crippen LogP contribution is -2.44. The number of aliphatic imine (C=N–C) groups is 1. The van der Waals surface area contributed by atoms with Gasteiger partial charge in [-0.05, 0) is 31.4 Å². The van der Waals surface area contributed by atoms with Crippen LogP contribution in [-0.2, 0) is 14.8 Å². The van der Waals surface area contributed by atoms with Crippen LogP contribution in [0.4, 0.5) is 0 Å². The van der Waals surface area contributed by atoms with Crippen molar-refractivity contribution in [3.05, 3.63) is 48.5 Å². The van der Waals surface area contributed by atoms with Gasteiger partial charge in [-0.25, -0.2) is 13.4 Å². The van der Waals surface area contributed by atoms with Crippen LogP contribution in [0.5, 0.6) is 0 Å². The van der Waals surface area contributed by atoms with E-state index in [2.05, 4.69) is 26.2 Å². The molecule has 0 radical (unpaired) electrons. The largest absolute Gasteiger partial charge is 0.341 e. The van der Waals surface area contributed by atoms with E-state index in [9.17, 15) is 13.2 Å². The van der Waals surface area contributed by atoms with Crippen LogP contribution in [0.3, 0.4) is 0 Å². The van der Waals surface area contributed by atoms with Crippen molar-refractivity contribution in [2.45, 2.75) is 56.0 Å². The molecule has 1 aromatic carbocycles. The highest BCUT2D eigenvalue weighted by Gasteiger charge is 2.33. The van der Waals surface area contributed by atoms with Gasteiger partial charge in [0.25, 0.3) is 10.0 Å². The van der Waals surface area contributed by atoms with Crippen LogP contribution in [0.2, 0.25) is 0 Å². The van der Waals surface area contributed by atoms with Gasteiger partial charge >= 0.3 is 0 Å². The van der Waals surface area contributed by atoms with Gasteiger partial charge in [0, 0.05) is 37.1 Å². The molecule has 1 atom stereocenters. The van der Waals surface area contributed by atoms with Gasteiger partial charge in [-0.2, -0.15) is 0 Å². The van der Waals surface area contributed by atoms with Crippen LogP contribution in [0.25, 0.3) is 0 Å². The maximum Gasteiger partial charge on any atom is 0.263 e. The van der Waals surface area contributed by atoms with Crippen LogP contribution in [-0.4, -0.2) is 53.7 Å². The van der Waals surface area contributed by atoms with Crippen LogP contribution >= 0.6 is 0 Å². The molecular formula is C21H27N5O3S. The Morgan fingerprint density at radius 2 is 2.07 bits per heavy atom. The second kappa shape index (κ2) is 8.59. The molecule has 160 valence electrons. The van der Waals surface area contributed by atoms with Crippen LogP contribution in [0.15, 0.2) is 52.9 Å². The third-order valence-corrected chi connectivity index (χ3v) is 7.18. The number of hydrogen-bond acceptors (Lipinski definition) is 5. The van der Waals surface area contributed by atoms with Crippen molar-refractivity contribution in [3.63, 3.8) is 0 Å². The highest BCUT2D eigenvalue weighted by Crippen LogP contribution is 2.26. The predicted octanol–water partition coefficient (Wildman–Crippen LogP) is 2.34. The number of unbranched alkanes of at least 4 members (excludes halogenated alkanes) is 1. The Morgan fingerprint density at radius 3 is 2.77 bits per heavy atom. The monoisotopic (exact) mass is 429 g/mol. The average Bonchev–Trinajstić information content (AvgIpc) is 3.38. The Bertz CT molecular complexity index is 1020. The maximum atomic E-state index is 13.3. The zero-order valence-electron chi connectivity index (χ0n) is 17.1. The van der Waals surface area contributed by atoms with Gasteiger partial charge in [0.05, 0.1) is 11.2 Å². The standard InChI is InChI=1S/C21H27N5O3S/c1-2-3-7-18(23-20-17-6-4-5-8-19(17)30(28,29)24-20)21(27)25-12-9-16(10-13-25)26-14-11-22-15-26/h4-6,8,11,14-16,18H,2-3,7,9-10,12-13H2,1H3,(H,23,24). The lowest BCUT2D eigenvalue weighted by atomic mass is 10.0. The highest BCUT2D eigenvalue weighted by molar-refractivity contribution is 7.90. The number of carbonyl (C=O) groups excluding carboxylic acids is 1. The second-order valence-corrected chi connectivity index (χ2v) is 9.45. The number of likely N-dealkylation sites (tertiary alicyclic amines) is 1. The van der Waals surface area contributed by atoms with E-state index in [1.165, 1.54) is 0 Å². The minimum atomic E-state index is -3.62. The first kappa shape index (κ1) is 20.6. The lowest BCUT2D eigenvalue weighted by molar-refractivity contribution is -0.134. The van der Waals surface area contributed by atoms with Crippen molar-refractivity contribution < 1.29 is 13.2 Å². The van der Waals surface area contributed by atoms with E-state index in [1.807, 2.05) is 17.4 Å². The number of sulfonamides is 1. The Balaban J connectivity index is 1.52. The van der Waals surface area contributed by atoms with Gasteiger partial charge in [0.2, 0.25) is 5.91 Å². The molecule has 3 heterocycles. The number of nitrogens with zero attached hydrogens (tertiary/aromatic N) is 4. The van der Waals surface area contributed by atoms with Crippen molar-refractivity contribution >= 4 is 21.8 Å². The predicted molar refractivity (Wildman–Crippen MR) is 114 cm³/mol. The van der Waals surface area contributed by atoms with E-state index >= 15 is 0 Å². The zero-order chi connectivity index (χ0) is 21.1. The van der Waals surface area contributed by atoms with Gasteiger partial charge in [-0.1, -0.05) is 31.9 Å². The van der Waals surface area contributed by atoms with E-state index in [-0.39, 0.29) is 16.6 Å². The molecule has 2 aliphatic rings. The fourth-order valence-corrected chi connectivity index (χ4v) is 5.35. The molecule has 1 unspecified atom stereocenters. The number of rotatable bonds is 6. The van der Waals surface area contributed by atoms with Gasteiger partial charge in [-0.15, -0.1) is 0 Å². The molecular weight excluding hydrogens is 402 g/mol. The topological polar surface area (TPSA) is 96.7 Å². The van der Waals surface area contributed by atoms with E-state index in [1.54, 1.807) is 30.5 Å². The summed E-state index contributed by atoms with van der Waals surface area (Å²) in [6, 6.07) is 6.52. The van der Waals surface area contributed by atoms with E-state index in [4.69, 9.17) is 0 Å². The third-order valence-electron chi connectivity index (χ3n) is 5.79. The van der Waals surface area contributed by atoms with Gasteiger partial charge < -0.3 is 9.47 Å². The number of aromatic nitrogens is 2. The minimum absolute atomic E-state index is 0.0244. The third kappa shape index (κ3) is 4.12. The molecule has 1 N–H and O–H groups in total. The summed E-state index contributed by atoms with van der Waals surface area (Å²) in [5.74, 6) is 0.247. The van der Waals surface area contributed by atoms with Crippen molar-refractivity contribution in [2.24, 2.45) is 4.99 Å². The summed E-state index contributed by atoms with van der Waals surface area (Å²) >= 11 is 0. The van der Waals surface area contributed by atoms with Crippen molar-refractivity contribution in [1.82, 2.24) is 19.2 Å². The Labute approximate surface area is 177 Å². The summed E-state index contributed by atoms with van der Waals surface area (Å²) in [6.45, 7) is 3.40. The number of hydrogen-bond donors (Lipinski definition) is 1. The first-order chi connectivity index (χ1) is 14.5. The molecule has 9 heteroatoms. The Hall–Kier alpha value is -2.68. The van der Waals surface area contributed by atoms with Crippen molar-refractivity contribution in [1.29, 1.82) is 0 Å². The number of piperidine rings is 1. The van der Waals surface area contributed by atoms with E-state index < -0.39 is 16.1 Å². The van der Waals surface area contributed by atoms with Crippen molar-refractivity contribution in [2.75, 3.05) is 13.1 Å². The molecule has 1 amide bonds.